The number of hydrogen-bond donors (Lipinski definition) is 2. The molecule has 1 aliphatic heterocycles. The fourth-order valence-corrected chi connectivity index (χ4v) is 4.78. The zero-order valence-corrected chi connectivity index (χ0v) is 15.0. The number of nitrogens with one attached hydrogen (secondary N) is 1. The summed E-state index contributed by atoms with van der Waals surface area (Å²) in [5.41, 5.74) is 0. The molecule has 0 aliphatic carbocycles. The van der Waals surface area contributed by atoms with E-state index in [2.05, 4.69) is 5.32 Å². The minimum Gasteiger partial charge on any atom is -0.480 e. The molecule has 0 unspecified atom stereocenters. The number of carbonyl (C=O) groups excluding carboxylic acids is 1. The van der Waals surface area contributed by atoms with Gasteiger partial charge in [-0.15, -0.1) is 0 Å². The maximum atomic E-state index is 12.5. The lowest BCUT2D eigenvalue weighted by atomic mass is 10.2. The van der Waals surface area contributed by atoms with Crippen molar-refractivity contribution in [3.63, 3.8) is 0 Å². The van der Waals surface area contributed by atoms with Crippen molar-refractivity contribution in [1.29, 1.82) is 0 Å². The second kappa shape index (κ2) is 9.83. The number of sulfone groups is 1. The molecule has 0 aromatic carbocycles. The summed E-state index contributed by atoms with van der Waals surface area (Å²) in [5, 5.41) is 10.8. The third-order valence-electron chi connectivity index (χ3n) is 3.88. The molecule has 9 heteroatoms. The van der Waals surface area contributed by atoms with Crippen LogP contribution in [0.25, 0.3) is 0 Å². The van der Waals surface area contributed by atoms with Crippen molar-refractivity contribution in [2.75, 3.05) is 19.0 Å². The molecular weight excluding hydrogens is 338 g/mol. The molecule has 140 valence electrons. The highest BCUT2D eigenvalue weighted by Gasteiger charge is 2.33. The Labute approximate surface area is 142 Å². The first-order valence-electron chi connectivity index (χ1n) is 8.29. The summed E-state index contributed by atoms with van der Waals surface area (Å²) in [7, 11) is -3.64. The second-order valence-corrected chi connectivity index (χ2v) is 8.28. The molecule has 0 bridgehead atoms. The summed E-state index contributed by atoms with van der Waals surface area (Å²) >= 11 is 0. The predicted octanol–water partition coefficient (Wildman–Crippen LogP) is 1.34. The summed E-state index contributed by atoms with van der Waals surface area (Å²) in [6, 6.07) is -1.53. The van der Waals surface area contributed by atoms with Crippen LogP contribution >= 0.6 is 0 Å². The highest BCUT2D eigenvalue weighted by Crippen LogP contribution is 2.17. The molecule has 1 aliphatic rings. The molecule has 1 amide bonds. The van der Waals surface area contributed by atoms with Crippen molar-refractivity contribution in [1.82, 2.24) is 5.32 Å². The van der Waals surface area contributed by atoms with Crippen LogP contribution in [0.5, 0.6) is 0 Å². The quantitative estimate of drug-likeness (QED) is 0.599. The molecule has 1 rings (SSSR count). The Kier molecular flexibility index (Phi) is 8.47. The van der Waals surface area contributed by atoms with Crippen LogP contribution in [0, 0.1) is 0 Å². The topological polar surface area (TPSA) is 119 Å². The molecule has 0 aromatic heterocycles. The Morgan fingerprint density at radius 1 is 1.29 bits per heavy atom. The van der Waals surface area contributed by atoms with Crippen molar-refractivity contribution >= 4 is 21.9 Å². The van der Waals surface area contributed by atoms with E-state index in [1.54, 1.807) is 0 Å². The molecule has 0 radical (unpaired) electrons. The van der Waals surface area contributed by atoms with Gasteiger partial charge in [-0.25, -0.2) is 18.0 Å². The Morgan fingerprint density at radius 3 is 2.38 bits per heavy atom. The van der Waals surface area contributed by atoms with E-state index < -0.39 is 45.0 Å². The first kappa shape index (κ1) is 20.7. The number of ether oxygens (including phenoxy) is 2. The van der Waals surface area contributed by atoms with Gasteiger partial charge in [0.2, 0.25) is 0 Å². The van der Waals surface area contributed by atoms with Crippen LogP contribution in [0.1, 0.15) is 46.0 Å². The van der Waals surface area contributed by atoms with Gasteiger partial charge in [0.1, 0.15) is 12.1 Å². The minimum atomic E-state index is -3.64. The summed E-state index contributed by atoms with van der Waals surface area (Å²) < 4.78 is 35.0. The average molecular weight is 365 g/mol. The fourth-order valence-electron chi connectivity index (χ4n) is 2.62. The van der Waals surface area contributed by atoms with E-state index in [4.69, 9.17) is 9.47 Å². The maximum Gasteiger partial charge on any atom is 0.408 e. The lowest BCUT2D eigenvalue weighted by molar-refractivity contribution is -0.138. The molecule has 8 nitrogen and oxygen atoms in total. The minimum absolute atomic E-state index is 0.262. The third-order valence-corrected chi connectivity index (χ3v) is 6.17. The van der Waals surface area contributed by atoms with Gasteiger partial charge in [0, 0.05) is 6.42 Å². The number of carbonyl (C=O) groups is 2. The van der Waals surface area contributed by atoms with Crippen LogP contribution in [-0.2, 0) is 24.1 Å². The number of hydrogen-bond acceptors (Lipinski definition) is 6. The predicted molar refractivity (Wildman–Crippen MR) is 87.7 cm³/mol. The van der Waals surface area contributed by atoms with Gasteiger partial charge in [-0.05, 0) is 12.8 Å². The van der Waals surface area contributed by atoms with E-state index in [0.717, 1.165) is 0 Å². The van der Waals surface area contributed by atoms with Crippen molar-refractivity contribution in [3.05, 3.63) is 0 Å². The molecular formula is C15H27NO7S. The molecule has 2 atom stereocenters. The van der Waals surface area contributed by atoms with Crippen LogP contribution in [-0.4, -0.2) is 61.9 Å². The number of carboxylic acids is 1. The fraction of sp³-hybridized carbons (Fsp3) is 0.867. The Bertz CT molecular complexity index is 508. The zero-order chi connectivity index (χ0) is 18.2. The van der Waals surface area contributed by atoms with Gasteiger partial charge in [-0.2, -0.15) is 0 Å². The van der Waals surface area contributed by atoms with E-state index >= 15 is 0 Å². The van der Waals surface area contributed by atoms with Gasteiger partial charge >= 0.3 is 12.1 Å². The van der Waals surface area contributed by atoms with Crippen LogP contribution < -0.4 is 5.32 Å². The van der Waals surface area contributed by atoms with E-state index in [-0.39, 0.29) is 6.61 Å². The average Bonchev–Trinajstić information content (AvgIpc) is 2.98. The largest absolute Gasteiger partial charge is 0.480 e. The molecule has 0 saturated carbocycles. The number of amides is 1. The van der Waals surface area contributed by atoms with Crippen molar-refractivity contribution in [2.45, 2.75) is 63.3 Å². The standard InChI is InChI=1S/C15H27NO7S/c1-3-5-12(6-4-2)24(20,21)10-13(14(17)18)16-15(19)23-11-7-8-22-9-11/h11-13H,3-10H2,1-2H3,(H,16,19)(H,17,18)/t11-,13-/m0/s1. The first-order valence-corrected chi connectivity index (χ1v) is 10.0. The van der Waals surface area contributed by atoms with Gasteiger partial charge in [-0.1, -0.05) is 26.7 Å². The van der Waals surface area contributed by atoms with Crippen LogP contribution in [0.15, 0.2) is 0 Å². The lowest BCUT2D eigenvalue weighted by Gasteiger charge is -2.20. The molecule has 24 heavy (non-hydrogen) atoms. The van der Waals surface area contributed by atoms with Crippen LogP contribution in [0.3, 0.4) is 0 Å². The first-order chi connectivity index (χ1) is 11.3. The number of alkyl carbamates (subject to hydrolysis) is 1. The molecule has 1 fully saturated rings. The van der Waals surface area contributed by atoms with Gasteiger partial charge < -0.3 is 19.9 Å². The van der Waals surface area contributed by atoms with Gasteiger partial charge in [0.25, 0.3) is 0 Å². The van der Waals surface area contributed by atoms with Crippen LogP contribution in [0.2, 0.25) is 0 Å². The van der Waals surface area contributed by atoms with Crippen molar-refractivity contribution in [2.24, 2.45) is 0 Å². The molecule has 0 spiro atoms. The highest BCUT2D eigenvalue weighted by atomic mass is 32.2. The monoisotopic (exact) mass is 365 g/mol. The summed E-state index contributed by atoms with van der Waals surface area (Å²) in [5.74, 6) is -2.03. The molecule has 2 N–H and O–H groups in total. The second-order valence-electron chi connectivity index (χ2n) is 5.95. The third kappa shape index (κ3) is 6.64. The van der Waals surface area contributed by atoms with Gasteiger partial charge in [0.05, 0.1) is 24.2 Å². The SMILES string of the molecule is CCCC(CCC)S(=O)(=O)C[C@H](NC(=O)O[C@H]1CCOC1)C(=O)O. The summed E-state index contributed by atoms with van der Waals surface area (Å²) in [4.78, 5) is 23.1. The van der Waals surface area contributed by atoms with Crippen LogP contribution in [0.4, 0.5) is 4.79 Å². The van der Waals surface area contributed by atoms with Crippen molar-refractivity contribution in [3.8, 4) is 0 Å². The van der Waals surface area contributed by atoms with E-state index in [9.17, 15) is 23.1 Å². The lowest BCUT2D eigenvalue weighted by Crippen LogP contribution is -2.47. The van der Waals surface area contributed by atoms with Gasteiger partial charge in [-0.3, -0.25) is 0 Å². The summed E-state index contributed by atoms with van der Waals surface area (Å²) in [6.45, 7) is 4.50. The number of rotatable bonds is 10. The van der Waals surface area contributed by atoms with E-state index in [1.165, 1.54) is 0 Å². The molecule has 0 aromatic rings. The number of carboxylic acid groups (broad SMARTS) is 1. The Balaban J connectivity index is 2.69. The number of aliphatic carboxylic acids is 1. The smallest absolute Gasteiger partial charge is 0.408 e. The normalized spacial score (nSPS) is 19.2. The summed E-state index contributed by atoms with van der Waals surface area (Å²) in [6.07, 6.45) is 1.52. The molecule has 1 heterocycles. The van der Waals surface area contributed by atoms with Crippen molar-refractivity contribution < 1.29 is 32.6 Å². The maximum absolute atomic E-state index is 12.5. The van der Waals surface area contributed by atoms with Gasteiger partial charge in [0.15, 0.2) is 9.84 Å². The van der Waals surface area contributed by atoms with E-state index in [1.807, 2.05) is 13.8 Å². The Hall–Kier alpha value is -1.35. The molecule has 1 saturated heterocycles. The highest BCUT2D eigenvalue weighted by molar-refractivity contribution is 7.92. The zero-order valence-electron chi connectivity index (χ0n) is 14.2. The Morgan fingerprint density at radius 2 is 1.92 bits per heavy atom. The van der Waals surface area contributed by atoms with E-state index in [0.29, 0.717) is 38.7 Å².